The van der Waals surface area contributed by atoms with Crippen LogP contribution in [0.15, 0.2) is 12.4 Å². The van der Waals surface area contributed by atoms with Crippen LogP contribution >= 0.6 is 0 Å². The minimum atomic E-state index is 0.347. The lowest BCUT2D eigenvalue weighted by molar-refractivity contribution is 1.00. The highest BCUT2D eigenvalue weighted by Crippen LogP contribution is 1.98. The quantitative estimate of drug-likeness (QED) is 0.570. The van der Waals surface area contributed by atoms with E-state index < -0.39 is 0 Å². The first-order valence-electron chi connectivity index (χ1n) is 2.98. The lowest BCUT2D eigenvalue weighted by Gasteiger charge is -1.94. The summed E-state index contributed by atoms with van der Waals surface area (Å²) < 4.78 is 0. The highest BCUT2D eigenvalue weighted by Gasteiger charge is 1.96. The molecule has 0 saturated heterocycles. The van der Waals surface area contributed by atoms with E-state index in [0.717, 1.165) is 11.4 Å². The van der Waals surface area contributed by atoms with Gasteiger partial charge in [-0.15, -0.1) is 0 Å². The molecule has 0 unspecified atom stereocenters. The number of rotatable bonds is 1. The van der Waals surface area contributed by atoms with Crippen molar-refractivity contribution in [2.75, 3.05) is 0 Å². The van der Waals surface area contributed by atoms with Gasteiger partial charge in [0.1, 0.15) is 0 Å². The van der Waals surface area contributed by atoms with Crippen molar-refractivity contribution in [3.8, 4) is 6.07 Å². The van der Waals surface area contributed by atoms with Crippen LogP contribution in [-0.4, -0.2) is 9.97 Å². The van der Waals surface area contributed by atoms with Crippen molar-refractivity contribution in [2.45, 2.75) is 13.3 Å². The molecule has 10 heavy (non-hydrogen) atoms. The van der Waals surface area contributed by atoms with Crippen LogP contribution in [-0.2, 0) is 6.42 Å². The Morgan fingerprint density at radius 3 is 2.80 bits per heavy atom. The predicted molar refractivity (Wildman–Crippen MR) is 36.1 cm³/mol. The van der Waals surface area contributed by atoms with Gasteiger partial charge >= 0.3 is 0 Å². The molecule has 0 aromatic carbocycles. The molecule has 0 bridgehead atoms. The molecule has 0 spiro atoms. The Bertz CT molecular complexity index is 262. The minimum Gasteiger partial charge on any atom is -0.258 e. The van der Waals surface area contributed by atoms with Crippen molar-refractivity contribution >= 4 is 0 Å². The van der Waals surface area contributed by atoms with E-state index in [0.29, 0.717) is 6.42 Å². The zero-order chi connectivity index (χ0) is 7.40. The summed E-state index contributed by atoms with van der Waals surface area (Å²) in [5.41, 5.74) is 1.61. The average Bonchev–Trinajstić information content (AvgIpc) is 1.94. The average molecular weight is 133 g/mol. The SMILES string of the molecule is Cc1nccnc1CC#N. The molecule has 1 aromatic heterocycles. The van der Waals surface area contributed by atoms with Gasteiger partial charge in [0.15, 0.2) is 0 Å². The van der Waals surface area contributed by atoms with Crippen LogP contribution in [0.25, 0.3) is 0 Å². The van der Waals surface area contributed by atoms with E-state index in [1.54, 1.807) is 12.4 Å². The van der Waals surface area contributed by atoms with Crippen LogP contribution in [0.2, 0.25) is 0 Å². The number of nitrogens with zero attached hydrogens (tertiary/aromatic N) is 3. The number of aryl methyl sites for hydroxylation is 1. The first-order valence-corrected chi connectivity index (χ1v) is 2.98. The summed E-state index contributed by atoms with van der Waals surface area (Å²) in [7, 11) is 0. The molecule has 1 aromatic rings. The molecule has 0 amide bonds. The van der Waals surface area contributed by atoms with E-state index in [2.05, 4.69) is 9.97 Å². The monoisotopic (exact) mass is 133 g/mol. The van der Waals surface area contributed by atoms with E-state index in [1.165, 1.54) is 0 Å². The molecule has 50 valence electrons. The Labute approximate surface area is 59.4 Å². The summed E-state index contributed by atoms with van der Waals surface area (Å²) >= 11 is 0. The molecule has 0 N–H and O–H groups in total. The zero-order valence-corrected chi connectivity index (χ0v) is 5.70. The van der Waals surface area contributed by atoms with Crippen molar-refractivity contribution in [1.29, 1.82) is 5.26 Å². The highest BCUT2D eigenvalue weighted by atomic mass is 14.8. The summed E-state index contributed by atoms with van der Waals surface area (Å²) in [4.78, 5) is 7.97. The number of nitriles is 1. The molecule has 0 radical (unpaired) electrons. The van der Waals surface area contributed by atoms with Gasteiger partial charge in [0.05, 0.1) is 23.9 Å². The van der Waals surface area contributed by atoms with Gasteiger partial charge in [-0.1, -0.05) is 0 Å². The van der Waals surface area contributed by atoms with Crippen LogP contribution in [0, 0.1) is 18.3 Å². The third kappa shape index (κ3) is 1.29. The second kappa shape index (κ2) is 2.92. The van der Waals surface area contributed by atoms with Gasteiger partial charge < -0.3 is 0 Å². The fourth-order valence-corrected chi connectivity index (χ4v) is 0.685. The lowest BCUT2D eigenvalue weighted by atomic mass is 10.3. The van der Waals surface area contributed by atoms with Gasteiger partial charge in [-0.05, 0) is 6.92 Å². The second-order valence-electron chi connectivity index (χ2n) is 1.92. The molecule has 0 atom stereocenters. The van der Waals surface area contributed by atoms with Crippen LogP contribution in [0.5, 0.6) is 0 Å². The molecule has 0 aliphatic carbocycles. The van der Waals surface area contributed by atoms with Gasteiger partial charge in [0.25, 0.3) is 0 Å². The Hall–Kier alpha value is -1.43. The normalized spacial score (nSPS) is 8.80. The third-order valence-electron chi connectivity index (χ3n) is 1.23. The molecule has 0 aliphatic heterocycles. The van der Waals surface area contributed by atoms with Gasteiger partial charge in [-0.2, -0.15) is 5.26 Å². The molecule has 0 saturated carbocycles. The predicted octanol–water partition coefficient (Wildman–Crippen LogP) is 0.851. The van der Waals surface area contributed by atoms with Gasteiger partial charge in [-0.3, -0.25) is 9.97 Å². The van der Waals surface area contributed by atoms with Crippen LogP contribution < -0.4 is 0 Å². The molecule has 1 heterocycles. The molecule has 0 fully saturated rings. The van der Waals surface area contributed by atoms with Gasteiger partial charge in [0.2, 0.25) is 0 Å². The molecular formula is C7H7N3. The molecule has 0 aliphatic rings. The first kappa shape index (κ1) is 6.69. The summed E-state index contributed by atoms with van der Waals surface area (Å²) in [6, 6.07) is 2.02. The molecule has 3 nitrogen and oxygen atoms in total. The van der Waals surface area contributed by atoms with Crippen molar-refractivity contribution in [2.24, 2.45) is 0 Å². The minimum absolute atomic E-state index is 0.347. The topological polar surface area (TPSA) is 49.6 Å². The van der Waals surface area contributed by atoms with Crippen molar-refractivity contribution in [1.82, 2.24) is 9.97 Å². The fourth-order valence-electron chi connectivity index (χ4n) is 0.685. The van der Waals surface area contributed by atoms with Crippen molar-refractivity contribution in [3.63, 3.8) is 0 Å². The van der Waals surface area contributed by atoms with Gasteiger partial charge in [-0.25, -0.2) is 0 Å². The number of hydrogen-bond donors (Lipinski definition) is 0. The number of aromatic nitrogens is 2. The van der Waals surface area contributed by atoms with Crippen LogP contribution in [0.4, 0.5) is 0 Å². The van der Waals surface area contributed by atoms with E-state index >= 15 is 0 Å². The Morgan fingerprint density at radius 1 is 1.50 bits per heavy atom. The largest absolute Gasteiger partial charge is 0.258 e. The molecule has 1 rings (SSSR count). The summed E-state index contributed by atoms with van der Waals surface area (Å²) in [5, 5.41) is 8.33. The maximum absolute atomic E-state index is 8.33. The molecular weight excluding hydrogens is 126 g/mol. The summed E-state index contributed by atoms with van der Waals surface area (Å²) in [6.45, 7) is 1.85. The van der Waals surface area contributed by atoms with Crippen LogP contribution in [0.3, 0.4) is 0 Å². The Balaban J connectivity index is 2.94. The third-order valence-corrected chi connectivity index (χ3v) is 1.23. The van der Waals surface area contributed by atoms with E-state index in [9.17, 15) is 0 Å². The maximum Gasteiger partial charge on any atom is 0.0793 e. The van der Waals surface area contributed by atoms with E-state index in [4.69, 9.17) is 5.26 Å². The van der Waals surface area contributed by atoms with Crippen molar-refractivity contribution in [3.05, 3.63) is 23.8 Å². The summed E-state index contributed by atoms with van der Waals surface area (Å²) in [6.07, 6.45) is 3.57. The van der Waals surface area contributed by atoms with E-state index in [1.807, 2.05) is 13.0 Å². The Kier molecular flexibility index (Phi) is 1.96. The first-order chi connectivity index (χ1) is 4.84. The molecule has 3 heteroatoms. The highest BCUT2D eigenvalue weighted by molar-refractivity contribution is 5.12. The van der Waals surface area contributed by atoms with Gasteiger partial charge in [0, 0.05) is 12.4 Å². The Morgan fingerprint density at radius 2 is 2.20 bits per heavy atom. The number of hydrogen-bond acceptors (Lipinski definition) is 3. The zero-order valence-electron chi connectivity index (χ0n) is 5.70. The standard InChI is InChI=1S/C7H7N3/c1-6-7(2-3-8)10-5-4-9-6/h4-5H,2H2,1H3. The fraction of sp³-hybridized carbons (Fsp3) is 0.286. The maximum atomic E-state index is 8.33. The second-order valence-corrected chi connectivity index (χ2v) is 1.92. The van der Waals surface area contributed by atoms with Crippen LogP contribution in [0.1, 0.15) is 11.4 Å². The summed E-state index contributed by atoms with van der Waals surface area (Å²) in [5.74, 6) is 0. The smallest absolute Gasteiger partial charge is 0.0793 e. The lowest BCUT2D eigenvalue weighted by Crippen LogP contribution is -1.93. The van der Waals surface area contributed by atoms with Crippen molar-refractivity contribution < 1.29 is 0 Å². The van der Waals surface area contributed by atoms with E-state index in [-0.39, 0.29) is 0 Å².